The lowest BCUT2D eigenvalue weighted by Gasteiger charge is -2.25. The Labute approximate surface area is 187 Å². The first-order chi connectivity index (χ1) is 15.7. The van der Waals surface area contributed by atoms with Crippen LogP contribution in [0.2, 0.25) is 0 Å². The molecular formula is C27H25NO4. The number of rotatable bonds is 9. The van der Waals surface area contributed by atoms with Crippen molar-refractivity contribution in [1.82, 2.24) is 0 Å². The number of anilines is 3. The van der Waals surface area contributed by atoms with E-state index in [1.165, 1.54) is 0 Å². The van der Waals surface area contributed by atoms with Crippen LogP contribution in [0.1, 0.15) is 0 Å². The van der Waals surface area contributed by atoms with Gasteiger partial charge in [0.2, 0.25) is 0 Å². The smallest absolute Gasteiger partial charge is 0.127 e. The molecule has 4 rings (SSSR count). The minimum atomic E-state index is -0.896. The number of ether oxygens (including phenoxy) is 2. The summed E-state index contributed by atoms with van der Waals surface area (Å²) >= 11 is 0. The number of hydrogen-bond acceptors (Lipinski definition) is 5. The van der Waals surface area contributed by atoms with Gasteiger partial charge in [0.1, 0.15) is 30.0 Å². The maximum absolute atomic E-state index is 9.48. The lowest BCUT2D eigenvalue weighted by molar-refractivity contribution is 0.0536. The molecule has 0 saturated carbocycles. The van der Waals surface area contributed by atoms with E-state index in [4.69, 9.17) is 14.6 Å². The summed E-state index contributed by atoms with van der Waals surface area (Å²) in [5.74, 6) is 2.18. The summed E-state index contributed by atoms with van der Waals surface area (Å²) in [6, 6.07) is 35.4. The van der Waals surface area contributed by atoms with Crippen LogP contribution in [-0.4, -0.2) is 29.5 Å². The third-order valence-electron chi connectivity index (χ3n) is 4.84. The standard InChI is InChI=1S/C27H25NO4/c29-19-24(30)20-31-25-15-11-22(12-16-25)28(21-7-3-1-4-8-21)23-13-17-27(18-14-23)32-26-9-5-2-6-10-26/h1-18,24,29-30H,19-20H2. The molecule has 1 atom stereocenters. The Morgan fingerprint density at radius 1 is 0.594 bits per heavy atom. The molecule has 0 heterocycles. The highest BCUT2D eigenvalue weighted by molar-refractivity contribution is 5.76. The summed E-state index contributed by atoms with van der Waals surface area (Å²) in [5.41, 5.74) is 2.97. The Balaban J connectivity index is 1.57. The molecule has 0 aromatic heterocycles. The average molecular weight is 428 g/mol. The van der Waals surface area contributed by atoms with Gasteiger partial charge in [-0.3, -0.25) is 0 Å². The molecule has 2 N–H and O–H groups in total. The molecule has 0 spiro atoms. The van der Waals surface area contributed by atoms with E-state index in [1.54, 1.807) is 0 Å². The summed E-state index contributed by atoms with van der Waals surface area (Å²) in [4.78, 5) is 2.14. The zero-order valence-electron chi connectivity index (χ0n) is 17.5. The van der Waals surface area contributed by atoms with E-state index in [9.17, 15) is 5.11 Å². The van der Waals surface area contributed by atoms with E-state index in [0.29, 0.717) is 5.75 Å². The van der Waals surface area contributed by atoms with Crippen molar-refractivity contribution in [3.63, 3.8) is 0 Å². The number of benzene rings is 4. The van der Waals surface area contributed by atoms with Gasteiger partial charge in [-0.1, -0.05) is 36.4 Å². The van der Waals surface area contributed by atoms with Gasteiger partial charge in [-0.2, -0.15) is 0 Å². The van der Waals surface area contributed by atoms with Crippen LogP contribution >= 0.6 is 0 Å². The first-order valence-corrected chi connectivity index (χ1v) is 10.4. The van der Waals surface area contributed by atoms with Crippen molar-refractivity contribution in [2.24, 2.45) is 0 Å². The van der Waals surface area contributed by atoms with Gasteiger partial charge in [0.05, 0.1) is 6.61 Å². The summed E-state index contributed by atoms with van der Waals surface area (Å²) in [6.07, 6.45) is -0.896. The fourth-order valence-corrected chi connectivity index (χ4v) is 3.25. The molecule has 5 heteroatoms. The molecule has 0 aliphatic heterocycles. The van der Waals surface area contributed by atoms with Crippen molar-refractivity contribution in [1.29, 1.82) is 0 Å². The minimum absolute atomic E-state index is 0.0428. The first kappa shape index (κ1) is 21.4. The number of nitrogens with zero attached hydrogens (tertiary/aromatic N) is 1. The Morgan fingerprint density at radius 3 is 1.62 bits per heavy atom. The highest BCUT2D eigenvalue weighted by Gasteiger charge is 2.13. The van der Waals surface area contributed by atoms with E-state index < -0.39 is 6.10 Å². The van der Waals surface area contributed by atoms with Crippen molar-refractivity contribution in [3.05, 3.63) is 109 Å². The SMILES string of the molecule is OCC(O)COc1ccc(N(c2ccccc2)c2ccc(Oc3ccccc3)cc2)cc1. The molecule has 0 fully saturated rings. The maximum atomic E-state index is 9.48. The number of hydrogen-bond donors (Lipinski definition) is 2. The van der Waals surface area contributed by atoms with E-state index in [-0.39, 0.29) is 13.2 Å². The topological polar surface area (TPSA) is 62.2 Å². The van der Waals surface area contributed by atoms with Crippen LogP contribution < -0.4 is 14.4 Å². The van der Waals surface area contributed by atoms with Crippen LogP contribution in [0.5, 0.6) is 17.2 Å². The Hall–Kier alpha value is -3.80. The molecule has 4 aromatic carbocycles. The van der Waals surface area contributed by atoms with Gasteiger partial charge in [-0.15, -0.1) is 0 Å². The van der Waals surface area contributed by atoms with Crippen molar-refractivity contribution in [2.75, 3.05) is 18.1 Å². The molecule has 0 bridgehead atoms. The fourth-order valence-electron chi connectivity index (χ4n) is 3.25. The second kappa shape index (κ2) is 10.5. The zero-order valence-corrected chi connectivity index (χ0v) is 17.5. The van der Waals surface area contributed by atoms with Crippen molar-refractivity contribution in [3.8, 4) is 17.2 Å². The molecule has 32 heavy (non-hydrogen) atoms. The number of aliphatic hydroxyl groups excluding tert-OH is 2. The van der Waals surface area contributed by atoms with Crippen LogP contribution in [0, 0.1) is 0 Å². The number of aliphatic hydroxyl groups is 2. The van der Waals surface area contributed by atoms with Crippen LogP contribution in [0.4, 0.5) is 17.1 Å². The summed E-state index contributed by atoms with van der Waals surface area (Å²) in [7, 11) is 0. The fraction of sp³-hybridized carbons (Fsp3) is 0.111. The molecule has 4 aromatic rings. The van der Waals surface area contributed by atoms with Gasteiger partial charge in [-0.05, 0) is 72.8 Å². The van der Waals surface area contributed by atoms with E-state index in [0.717, 1.165) is 28.6 Å². The highest BCUT2D eigenvalue weighted by Crippen LogP contribution is 2.36. The summed E-state index contributed by atoms with van der Waals surface area (Å²) in [6.45, 7) is -0.287. The maximum Gasteiger partial charge on any atom is 0.127 e. The highest BCUT2D eigenvalue weighted by atomic mass is 16.5. The molecule has 162 valence electrons. The summed E-state index contributed by atoms with van der Waals surface area (Å²) < 4.78 is 11.5. The Bertz CT molecular complexity index is 1080. The molecule has 1 unspecified atom stereocenters. The molecule has 0 aliphatic carbocycles. The Kier molecular flexibility index (Phi) is 7.02. The molecule has 0 radical (unpaired) electrons. The van der Waals surface area contributed by atoms with Crippen molar-refractivity contribution < 1.29 is 19.7 Å². The summed E-state index contributed by atoms with van der Waals surface area (Å²) in [5, 5.41) is 18.4. The van der Waals surface area contributed by atoms with Gasteiger partial charge in [0.15, 0.2) is 0 Å². The lowest BCUT2D eigenvalue weighted by atomic mass is 10.2. The van der Waals surface area contributed by atoms with Gasteiger partial charge >= 0.3 is 0 Å². The van der Waals surface area contributed by atoms with Gasteiger partial charge in [0.25, 0.3) is 0 Å². The minimum Gasteiger partial charge on any atom is -0.491 e. The molecule has 0 saturated heterocycles. The van der Waals surface area contributed by atoms with Gasteiger partial charge in [-0.25, -0.2) is 0 Å². The van der Waals surface area contributed by atoms with E-state index in [1.807, 2.05) is 97.1 Å². The number of para-hydroxylation sites is 2. The third-order valence-corrected chi connectivity index (χ3v) is 4.84. The second-order valence-electron chi connectivity index (χ2n) is 7.22. The van der Waals surface area contributed by atoms with Crippen molar-refractivity contribution in [2.45, 2.75) is 6.10 Å². The predicted molar refractivity (Wildman–Crippen MR) is 126 cm³/mol. The molecule has 0 aliphatic rings. The van der Waals surface area contributed by atoms with Gasteiger partial charge in [0, 0.05) is 17.1 Å². The first-order valence-electron chi connectivity index (χ1n) is 10.4. The third kappa shape index (κ3) is 5.46. The second-order valence-corrected chi connectivity index (χ2v) is 7.22. The molecular weight excluding hydrogens is 402 g/mol. The quantitative estimate of drug-likeness (QED) is 0.360. The van der Waals surface area contributed by atoms with Crippen molar-refractivity contribution >= 4 is 17.1 Å². The Morgan fingerprint density at radius 2 is 1.06 bits per heavy atom. The largest absolute Gasteiger partial charge is 0.491 e. The van der Waals surface area contributed by atoms with Crippen LogP contribution in [0.15, 0.2) is 109 Å². The molecule has 5 nitrogen and oxygen atoms in total. The van der Waals surface area contributed by atoms with E-state index >= 15 is 0 Å². The predicted octanol–water partition coefficient (Wildman–Crippen LogP) is 5.68. The van der Waals surface area contributed by atoms with Crippen LogP contribution in [0.3, 0.4) is 0 Å². The zero-order chi connectivity index (χ0) is 22.2. The normalized spacial score (nSPS) is 11.6. The van der Waals surface area contributed by atoms with Crippen LogP contribution in [0.25, 0.3) is 0 Å². The van der Waals surface area contributed by atoms with E-state index in [2.05, 4.69) is 17.0 Å². The van der Waals surface area contributed by atoms with Crippen LogP contribution in [-0.2, 0) is 0 Å². The average Bonchev–Trinajstić information content (AvgIpc) is 2.86. The van der Waals surface area contributed by atoms with Gasteiger partial charge < -0.3 is 24.6 Å². The monoisotopic (exact) mass is 427 g/mol. The lowest BCUT2D eigenvalue weighted by Crippen LogP contribution is -2.21. The molecule has 0 amide bonds.